The van der Waals surface area contributed by atoms with E-state index in [1.54, 1.807) is 9.80 Å². The zero-order chi connectivity index (χ0) is 44.8. The van der Waals surface area contributed by atoms with Gasteiger partial charge in [-0.15, -0.1) is 0 Å². The molecule has 3 aliphatic rings. The van der Waals surface area contributed by atoms with Crippen LogP contribution in [0.15, 0.2) is 115 Å². The van der Waals surface area contributed by atoms with Gasteiger partial charge < -0.3 is 49.8 Å². The number of H-pyrrole nitrogens is 1. The first-order valence-electron chi connectivity index (χ1n) is 22.7. The number of ether oxygens (including phenoxy) is 3. The van der Waals surface area contributed by atoms with Gasteiger partial charge in [-0.2, -0.15) is 0 Å². The number of hydrogen-bond donors (Lipinski definition) is 4. The molecule has 65 heavy (non-hydrogen) atoms. The number of rotatable bonds is 16. The second-order valence-electron chi connectivity index (χ2n) is 16.5. The molecule has 15 heteroatoms. The Morgan fingerprint density at radius 1 is 0.662 bits per heavy atom. The number of unbranched alkanes of at least 4 members (excludes halogenated alkanes) is 2. The third-order valence-corrected chi connectivity index (χ3v) is 12.1. The first-order valence-corrected chi connectivity index (χ1v) is 22.7. The highest BCUT2D eigenvalue weighted by atomic mass is 16.5. The highest BCUT2D eigenvalue weighted by Gasteiger charge is 2.37. The van der Waals surface area contributed by atoms with Crippen molar-refractivity contribution in [1.82, 2.24) is 40.6 Å². The smallest absolute Gasteiger partial charge is 0.318 e. The van der Waals surface area contributed by atoms with Gasteiger partial charge in [-0.05, 0) is 72.1 Å². The number of urea groups is 2. The number of nitrogens with zero attached hydrogens (tertiary/aromatic N) is 4. The number of likely N-dealkylation sites (tertiary alicyclic amines) is 1. The predicted molar refractivity (Wildman–Crippen MR) is 246 cm³/mol. The monoisotopic (exact) mass is 882 g/mol. The lowest BCUT2D eigenvalue weighted by atomic mass is 10.0. The minimum absolute atomic E-state index is 0.153. The molecule has 4 N–H and O–H groups in total. The molecule has 4 heterocycles. The van der Waals surface area contributed by atoms with Crippen molar-refractivity contribution in [3.63, 3.8) is 0 Å². The van der Waals surface area contributed by atoms with E-state index < -0.39 is 12.1 Å². The van der Waals surface area contributed by atoms with Crippen LogP contribution in [-0.4, -0.2) is 121 Å². The molecule has 8 rings (SSSR count). The maximum atomic E-state index is 14.2. The van der Waals surface area contributed by atoms with E-state index in [0.717, 1.165) is 77.2 Å². The number of carbonyl (C=O) groups is 4. The van der Waals surface area contributed by atoms with E-state index in [4.69, 9.17) is 19.2 Å². The first-order chi connectivity index (χ1) is 31.9. The molecule has 0 saturated carbocycles. The highest BCUT2D eigenvalue weighted by molar-refractivity contribution is 5.89. The van der Waals surface area contributed by atoms with E-state index in [9.17, 15) is 19.2 Å². The van der Waals surface area contributed by atoms with Crippen LogP contribution in [-0.2, 0) is 19.1 Å². The Labute approximate surface area is 379 Å². The second-order valence-corrected chi connectivity index (χ2v) is 16.5. The molecular formula is C50H58N8O7. The number of aromatic nitrogens is 2. The molecule has 0 bridgehead atoms. The Balaban J connectivity index is 0.790. The van der Waals surface area contributed by atoms with Gasteiger partial charge in [-0.1, -0.05) is 97.1 Å². The predicted octanol–water partition coefficient (Wildman–Crippen LogP) is 6.64. The highest BCUT2D eigenvalue weighted by Crippen LogP contribution is 2.34. The van der Waals surface area contributed by atoms with Gasteiger partial charge in [0.2, 0.25) is 11.8 Å². The Kier molecular flexibility index (Phi) is 15.4. The molecule has 3 aliphatic heterocycles. The summed E-state index contributed by atoms with van der Waals surface area (Å²) in [7, 11) is 0. The van der Waals surface area contributed by atoms with Gasteiger partial charge in [-0.3, -0.25) is 9.59 Å². The van der Waals surface area contributed by atoms with Crippen molar-refractivity contribution >= 4 is 23.9 Å². The summed E-state index contributed by atoms with van der Waals surface area (Å²) in [4.78, 5) is 67.1. The number of aromatic amines is 1. The topological polar surface area (TPSA) is 170 Å². The average Bonchev–Trinajstić information content (AvgIpc) is 4.07. The molecule has 3 fully saturated rings. The standard InChI is InChI=1S/C50H58N8O7/c59-47(44(39-11-4-1-5-12-39)54-49(61)56-26-31-63-32-27-56)51-24-8-3-9-30-65-41-22-20-37(21-23-41)36-16-18-38(19-17-36)42-35-52-46(53-42)43-15-10-25-58(43)48(60)45(40-13-6-2-7-14-40)55-50(62)57-28-33-64-34-29-57/h1-2,4-7,11-14,16-23,35,43-45H,3,8-10,15,24-34H2,(H,51,59)(H,52,53)(H,54,61)(H,55,62)/t43-,44+,45+/m0/s1. The number of imidazole rings is 1. The third-order valence-electron chi connectivity index (χ3n) is 12.1. The van der Waals surface area contributed by atoms with Crippen LogP contribution in [0.3, 0.4) is 0 Å². The third kappa shape index (κ3) is 11.7. The van der Waals surface area contributed by atoms with E-state index in [2.05, 4.69) is 45.2 Å². The Bertz CT molecular complexity index is 2320. The maximum Gasteiger partial charge on any atom is 0.318 e. The summed E-state index contributed by atoms with van der Waals surface area (Å²) in [6, 6.07) is 32.7. The van der Waals surface area contributed by atoms with Gasteiger partial charge in [-0.25, -0.2) is 14.6 Å². The summed E-state index contributed by atoms with van der Waals surface area (Å²) in [6.07, 6.45) is 5.92. The molecule has 0 radical (unpaired) electrons. The average molecular weight is 883 g/mol. The molecule has 0 aliphatic carbocycles. The molecule has 3 atom stereocenters. The van der Waals surface area contributed by atoms with Crippen LogP contribution in [0.5, 0.6) is 5.75 Å². The normalized spacial score (nSPS) is 17.2. The molecule has 4 aromatic carbocycles. The zero-order valence-corrected chi connectivity index (χ0v) is 36.7. The Hall–Kier alpha value is -6.71. The lowest BCUT2D eigenvalue weighted by Gasteiger charge is -2.32. The van der Waals surface area contributed by atoms with Crippen molar-refractivity contribution in [2.24, 2.45) is 0 Å². The molecule has 340 valence electrons. The van der Waals surface area contributed by atoms with E-state index in [-0.39, 0.29) is 29.9 Å². The van der Waals surface area contributed by atoms with Gasteiger partial charge >= 0.3 is 12.1 Å². The van der Waals surface area contributed by atoms with E-state index >= 15 is 0 Å². The lowest BCUT2D eigenvalue weighted by molar-refractivity contribution is -0.134. The van der Waals surface area contributed by atoms with Crippen LogP contribution >= 0.6 is 0 Å². The van der Waals surface area contributed by atoms with Crippen molar-refractivity contribution in [3.05, 3.63) is 132 Å². The molecule has 0 spiro atoms. The molecule has 1 aromatic heterocycles. The van der Waals surface area contributed by atoms with Crippen LogP contribution in [0.4, 0.5) is 9.59 Å². The van der Waals surface area contributed by atoms with Crippen molar-refractivity contribution in [2.75, 3.05) is 72.3 Å². The maximum absolute atomic E-state index is 14.2. The number of carbonyl (C=O) groups excluding carboxylic acids is 4. The summed E-state index contributed by atoms with van der Waals surface area (Å²) in [5.41, 5.74) is 5.44. The van der Waals surface area contributed by atoms with Crippen molar-refractivity contribution < 1.29 is 33.4 Å². The van der Waals surface area contributed by atoms with Gasteiger partial charge in [0.25, 0.3) is 0 Å². The summed E-state index contributed by atoms with van der Waals surface area (Å²) >= 11 is 0. The summed E-state index contributed by atoms with van der Waals surface area (Å²) in [6.45, 7) is 5.53. The fourth-order valence-electron chi connectivity index (χ4n) is 8.47. The minimum Gasteiger partial charge on any atom is -0.494 e. The van der Waals surface area contributed by atoms with Crippen LogP contribution in [0.1, 0.15) is 67.2 Å². The van der Waals surface area contributed by atoms with Crippen molar-refractivity contribution in [1.29, 1.82) is 0 Å². The Morgan fingerprint density at radius 2 is 1.22 bits per heavy atom. The molecule has 5 aromatic rings. The van der Waals surface area contributed by atoms with Gasteiger partial charge in [0, 0.05) is 39.3 Å². The summed E-state index contributed by atoms with van der Waals surface area (Å²) < 4.78 is 16.8. The first kappa shape index (κ1) is 44.9. The van der Waals surface area contributed by atoms with Crippen LogP contribution in [0, 0.1) is 0 Å². The molecule has 15 nitrogen and oxygen atoms in total. The SMILES string of the molecule is O=C(NCCCCCOc1ccc(-c2ccc(-c3cnc([C@@H]4CCCN4C(=O)[C@H](NC(=O)N4CCOCC4)c4ccccc4)[nH]3)cc2)cc1)[C@H](NC(=O)N1CCOCC1)c1ccccc1. The quantitative estimate of drug-likeness (QED) is 0.0800. The second kappa shape index (κ2) is 22.3. The van der Waals surface area contributed by atoms with Gasteiger partial charge in [0.05, 0.1) is 51.0 Å². The summed E-state index contributed by atoms with van der Waals surface area (Å²) in [5.74, 6) is 1.13. The molecular weight excluding hydrogens is 825 g/mol. The number of nitrogens with one attached hydrogen (secondary N) is 4. The van der Waals surface area contributed by atoms with E-state index in [1.807, 2.05) is 96.0 Å². The molecule has 6 amide bonds. The zero-order valence-electron chi connectivity index (χ0n) is 36.7. The number of benzene rings is 4. The van der Waals surface area contributed by atoms with Gasteiger partial charge in [0.1, 0.15) is 23.7 Å². The number of morpholine rings is 2. The number of hydrogen-bond acceptors (Lipinski definition) is 8. The fourth-order valence-corrected chi connectivity index (χ4v) is 8.47. The van der Waals surface area contributed by atoms with Crippen LogP contribution in [0.25, 0.3) is 22.4 Å². The minimum atomic E-state index is -0.822. The Morgan fingerprint density at radius 3 is 1.83 bits per heavy atom. The lowest BCUT2D eigenvalue weighted by Crippen LogP contribution is -2.50. The van der Waals surface area contributed by atoms with Gasteiger partial charge in [0.15, 0.2) is 0 Å². The van der Waals surface area contributed by atoms with E-state index in [1.165, 1.54) is 0 Å². The number of amides is 6. The molecule has 3 saturated heterocycles. The summed E-state index contributed by atoms with van der Waals surface area (Å²) in [5, 5.41) is 8.93. The molecule has 0 unspecified atom stereocenters. The van der Waals surface area contributed by atoms with Crippen LogP contribution in [0.2, 0.25) is 0 Å². The van der Waals surface area contributed by atoms with Crippen molar-refractivity contribution in [3.8, 4) is 28.1 Å². The fraction of sp³-hybridized carbons (Fsp3) is 0.380. The van der Waals surface area contributed by atoms with Crippen molar-refractivity contribution in [2.45, 2.75) is 50.2 Å². The van der Waals surface area contributed by atoms with Crippen LogP contribution < -0.4 is 20.7 Å². The largest absolute Gasteiger partial charge is 0.494 e. The van der Waals surface area contributed by atoms with E-state index in [0.29, 0.717) is 72.3 Å².